The van der Waals surface area contributed by atoms with Crippen molar-refractivity contribution in [2.75, 3.05) is 13.1 Å². The van der Waals surface area contributed by atoms with Crippen LogP contribution in [0.3, 0.4) is 0 Å². The van der Waals surface area contributed by atoms with Crippen molar-refractivity contribution in [3.63, 3.8) is 0 Å². The van der Waals surface area contributed by atoms with E-state index in [1.807, 2.05) is 11.3 Å². The van der Waals surface area contributed by atoms with Gasteiger partial charge in [-0.25, -0.2) is 0 Å². The molecule has 1 aliphatic heterocycles. The number of piperidine rings is 1. The maximum atomic E-state index is 11.1. The first-order chi connectivity index (χ1) is 12.6. The Morgan fingerprint density at radius 1 is 0.926 bits per heavy atom. The van der Waals surface area contributed by atoms with Gasteiger partial charge in [0.1, 0.15) is 11.8 Å². The average Bonchev–Trinajstić information content (AvgIpc) is 3.09. The molecule has 2 heterocycles. The summed E-state index contributed by atoms with van der Waals surface area (Å²) in [4.78, 5) is 3.12. The molecule has 0 saturated carbocycles. The Labute approximate surface area is 169 Å². The van der Waals surface area contributed by atoms with Gasteiger partial charge in [-0.3, -0.25) is 0 Å². The van der Waals surface area contributed by atoms with Crippen LogP contribution in [0.15, 0.2) is 29.6 Å². The molecule has 148 valence electrons. The molecule has 3 heteroatoms. The highest BCUT2D eigenvalue weighted by Gasteiger charge is 2.33. The van der Waals surface area contributed by atoms with E-state index in [2.05, 4.69) is 71.2 Å². The van der Waals surface area contributed by atoms with Gasteiger partial charge in [0, 0.05) is 16.7 Å². The average molecular weight is 387 g/mol. The fourth-order valence-corrected chi connectivity index (χ4v) is 5.23. The number of benzene rings is 1. The third-order valence-electron chi connectivity index (χ3n) is 5.81. The second-order valence-electron chi connectivity index (χ2n) is 10.1. The number of nitrogens with one attached hydrogen (secondary N) is 1. The Bertz CT molecular complexity index is 724. The van der Waals surface area contributed by atoms with E-state index in [9.17, 15) is 5.11 Å². The van der Waals surface area contributed by atoms with Crippen LogP contribution in [0.5, 0.6) is 5.75 Å². The molecule has 0 amide bonds. The van der Waals surface area contributed by atoms with Gasteiger partial charge >= 0.3 is 0 Å². The highest BCUT2D eigenvalue weighted by atomic mass is 32.1. The van der Waals surface area contributed by atoms with Crippen molar-refractivity contribution in [1.82, 2.24) is 0 Å². The summed E-state index contributed by atoms with van der Waals surface area (Å²) >= 11 is 1.87. The summed E-state index contributed by atoms with van der Waals surface area (Å²) in [6.45, 7) is 15.7. The molecule has 1 unspecified atom stereocenters. The first-order valence-corrected chi connectivity index (χ1v) is 11.2. The van der Waals surface area contributed by atoms with Crippen LogP contribution in [0, 0.1) is 0 Å². The quantitative estimate of drug-likeness (QED) is 0.744. The largest absolute Gasteiger partial charge is 0.507 e. The second kappa shape index (κ2) is 7.60. The minimum atomic E-state index is -0.0860. The number of likely N-dealkylation sites (tertiary alicyclic amines) is 1. The van der Waals surface area contributed by atoms with Crippen LogP contribution in [0.4, 0.5) is 0 Å². The summed E-state index contributed by atoms with van der Waals surface area (Å²) in [6, 6.07) is 9.41. The van der Waals surface area contributed by atoms with E-state index in [-0.39, 0.29) is 10.8 Å². The van der Waals surface area contributed by atoms with E-state index < -0.39 is 0 Å². The number of phenols is 1. The maximum Gasteiger partial charge on any atom is 0.148 e. The molecule has 0 radical (unpaired) electrons. The molecule has 1 fully saturated rings. The minimum Gasteiger partial charge on any atom is -0.507 e. The number of hydrogen-bond donors (Lipinski definition) is 2. The van der Waals surface area contributed by atoms with E-state index >= 15 is 0 Å². The summed E-state index contributed by atoms with van der Waals surface area (Å²) in [5.74, 6) is 0.484. The molecular weight excluding hydrogens is 350 g/mol. The lowest BCUT2D eigenvalue weighted by molar-refractivity contribution is -0.929. The van der Waals surface area contributed by atoms with Crippen LogP contribution in [0.2, 0.25) is 0 Å². The zero-order valence-electron chi connectivity index (χ0n) is 17.9. The Hall–Kier alpha value is -1.32. The topological polar surface area (TPSA) is 24.7 Å². The predicted molar refractivity (Wildman–Crippen MR) is 116 cm³/mol. The van der Waals surface area contributed by atoms with Crippen molar-refractivity contribution in [3.05, 3.63) is 51.2 Å². The molecule has 3 rings (SSSR count). The van der Waals surface area contributed by atoms with Gasteiger partial charge in [-0.1, -0.05) is 47.6 Å². The van der Waals surface area contributed by atoms with E-state index in [0.717, 1.165) is 11.1 Å². The van der Waals surface area contributed by atoms with Gasteiger partial charge in [-0.15, -0.1) is 11.3 Å². The van der Waals surface area contributed by atoms with Crippen LogP contribution in [-0.4, -0.2) is 18.2 Å². The lowest BCUT2D eigenvalue weighted by atomic mass is 9.77. The molecule has 2 aromatic rings. The summed E-state index contributed by atoms with van der Waals surface area (Å²) in [5.41, 5.74) is 3.34. The molecule has 2 N–H and O–H groups in total. The van der Waals surface area contributed by atoms with Crippen LogP contribution in [0.1, 0.15) is 88.4 Å². The molecule has 1 aliphatic rings. The Morgan fingerprint density at radius 3 is 1.93 bits per heavy atom. The van der Waals surface area contributed by atoms with Gasteiger partial charge in [0.25, 0.3) is 0 Å². The van der Waals surface area contributed by atoms with Gasteiger partial charge in [-0.2, -0.15) is 0 Å². The predicted octanol–water partition coefficient (Wildman–Crippen LogP) is 5.21. The Balaban J connectivity index is 2.19. The standard InChI is InChI=1S/C24H35NOS/c1-23(2,3)18-15-17(16-19(22(18)26)24(4,5)6)21(20-11-10-14-27-20)25-12-8-7-9-13-25/h10-11,14-16,21,26H,7-9,12-13H2,1-6H3/p+1. The maximum absolute atomic E-state index is 11.1. The van der Waals surface area contributed by atoms with Crippen molar-refractivity contribution < 1.29 is 10.0 Å². The Morgan fingerprint density at radius 2 is 1.48 bits per heavy atom. The molecule has 1 aromatic carbocycles. The van der Waals surface area contributed by atoms with E-state index in [1.165, 1.54) is 42.8 Å². The van der Waals surface area contributed by atoms with Gasteiger partial charge in [0.2, 0.25) is 0 Å². The molecule has 2 nitrogen and oxygen atoms in total. The van der Waals surface area contributed by atoms with Crippen molar-refractivity contribution in [2.24, 2.45) is 0 Å². The second-order valence-corrected chi connectivity index (χ2v) is 11.1. The van der Waals surface area contributed by atoms with Crippen molar-refractivity contribution in [1.29, 1.82) is 0 Å². The SMILES string of the molecule is CC(C)(C)c1cc(C(c2cccs2)[NH+]2CCCCC2)cc(C(C)(C)C)c1O. The molecule has 1 saturated heterocycles. The smallest absolute Gasteiger partial charge is 0.148 e. The van der Waals surface area contributed by atoms with Gasteiger partial charge in [-0.05, 0) is 53.7 Å². The van der Waals surface area contributed by atoms with Crippen LogP contribution in [0.25, 0.3) is 0 Å². The lowest BCUT2D eigenvalue weighted by Gasteiger charge is -2.34. The summed E-state index contributed by atoms with van der Waals surface area (Å²) in [6.07, 6.45) is 3.98. The molecule has 0 bridgehead atoms. The third-order valence-corrected chi connectivity index (χ3v) is 6.75. The van der Waals surface area contributed by atoms with E-state index in [4.69, 9.17) is 0 Å². The zero-order valence-corrected chi connectivity index (χ0v) is 18.7. The first kappa shape index (κ1) is 20.4. The molecule has 0 aliphatic carbocycles. The molecular formula is C24H36NOS+. The number of hydrogen-bond acceptors (Lipinski definition) is 2. The van der Waals surface area contributed by atoms with Crippen LogP contribution < -0.4 is 4.90 Å². The number of quaternary nitrogens is 1. The lowest BCUT2D eigenvalue weighted by Crippen LogP contribution is -3.13. The molecule has 27 heavy (non-hydrogen) atoms. The van der Waals surface area contributed by atoms with Crippen molar-refractivity contribution >= 4 is 11.3 Å². The van der Waals surface area contributed by atoms with E-state index in [1.54, 1.807) is 4.90 Å². The van der Waals surface area contributed by atoms with Gasteiger partial charge in [0.15, 0.2) is 0 Å². The fraction of sp³-hybridized carbons (Fsp3) is 0.583. The first-order valence-electron chi connectivity index (χ1n) is 10.3. The van der Waals surface area contributed by atoms with Crippen LogP contribution >= 0.6 is 11.3 Å². The molecule has 1 atom stereocenters. The monoisotopic (exact) mass is 386 g/mol. The highest BCUT2D eigenvalue weighted by molar-refractivity contribution is 7.10. The number of rotatable bonds is 3. The molecule has 1 aromatic heterocycles. The Kier molecular flexibility index (Phi) is 5.74. The van der Waals surface area contributed by atoms with Crippen molar-refractivity contribution in [2.45, 2.75) is 77.7 Å². The van der Waals surface area contributed by atoms with Crippen LogP contribution in [-0.2, 0) is 10.8 Å². The summed E-state index contributed by atoms with van der Waals surface area (Å²) < 4.78 is 0. The highest BCUT2D eigenvalue weighted by Crippen LogP contribution is 2.41. The number of thiophene rings is 1. The van der Waals surface area contributed by atoms with Gasteiger partial charge in [0.05, 0.1) is 18.0 Å². The number of phenolic OH excluding ortho intramolecular Hbond substituents is 1. The zero-order chi connectivity index (χ0) is 19.8. The fourth-order valence-electron chi connectivity index (χ4n) is 4.32. The number of aromatic hydroxyl groups is 1. The molecule has 0 spiro atoms. The normalized spacial score (nSPS) is 17.9. The summed E-state index contributed by atoms with van der Waals surface area (Å²) in [5, 5.41) is 13.3. The van der Waals surface area contributed by atoms with Gasteiger partial charge < -0.3 is 10.0 Å². The summed E-state index contributed by atoms with van der Waals surface area (Å²) in [7, 11) is 0. The third kappa shape index (κ3) is 4.41. The van der Waals surface area contributed by atoms with Crippen molar-refractivity contribution in [3.8, 4) is 5.75 Å². The minimum absolute atomic E-state index is 0.0860. The van der Waals surface area contributed by atoms with E-state index in [0.29, 0.717) is 11.8 Å².